The SMILES string of the molecule is COc1cc(C#N)ccc1Oc1ccc(NC(=O)Cn2cccn2)cc1. The average Bonchev–Trinajstić information content (AvgIpc) is 3.16. The van der Waals surface area contributed by atoms with Crippen molar-refractivity contribution in [1.29, 1.82) is 5.26 Å². The van der Waals surface area contributed by atoms with Crippen LogP contribution < -0.4 is 14.8 Å². The number of carbonyl (C=O) groups excluding carboxylic acids is 1. The lowest BCUT2D eigenvalue weighted by Gasteiger charge is -2.11. The summed E-state index contributed by atoms with van der Waals surface area (Å²) in [6.07, 6.45) is 3.35. The van der Waals surface area contributed by atoms with E-state index in [1.165, 1.54) is 7.11 Å². The van der Waals surface area contributed by atoms with Gasteiger partial charge in [0.2, 0.25) is 5.91 Å². The molecule has 7 heteroatoms. The highest BCUT2D eigenvalue weighted by atomic mass is 16.5. The molecule has 2 aromatic carbocycles. The van der Waals surface area contributed by atoms with Crippen molar-refractivity contribution >= 4 is 11.6 Å². The predicted molar refractivity (Wildman–Crippen MR) is 95.1 cm³/mol. The number of anilines is 1. The highest BCUT2D eigenvalue weighted by Crippen LogP contribution is 2.32. The van der Waals surface area contributed by atoms with E-state index in [1.54, 1.807) is 65.6 Å². The zero-order valence-corrected chi connectivity index (χ0v) is 14.0. The minimum absolute atomic E-state index is 0.147. The third kappa shape index (κ3) is 4.19. The van der Waals surface area contributed by atoms with Gasteiger partial charge in [-0.05, 0) is 42.5 Å². The van der Waals surface area contributed by atoms with Crippen molar-refractivity contribution in [2.45, 2.75) is 6.54 Å². The van der Waals surface area contributed by atoms with Crippen LogP contribution in [0.2, 0.25) is 0 Å². The molecular formula is C19H16N4O3. The molecule has 1 heterocycles. The minimum atomic E-state index is -0.170. The second-order valence-electron chi connectivity index (χ2n) is 5.36. The fourth-order valence-corrected chi connectivity index (χ4v) is 2.30. The van der Waals surface area contributed by atoms with E-state index in [0.29, 0.717) is 28.5 Å². The zero-order chi connectivity index (χ0) is 18.4. The third-order valence-electron chi connectivity index (χ3n) is 3.52. The summed E-state index contributed by atoms with van der Waals surface area (Å²) in [4.78, 5) is 12.0. The van der Waals surface area contributed by atoms with Gasteiger partial charge in [-0.2, -0.15) is 10.4 Å². The lowest BCUT2D eigenvalue weighted by molar-refractivity contribution is -0.116. The van der Waals surface area contributed by atoms with Crippen LogP contribution in [-0.4, -0.2) is 22.8 Å². The molecule has 0 unspecified atom stereocenters. The zero-order valence-electron chi connectivity index (χ0n) is 14.0. The molecule has 7 nitrogen and oxygen atoms in total. The van der Waals surface area contributed by atoms with Crippen molar-refractivity contribution in [3.8, 4) is 23.3 Å². The molecule has 0 radical (unpaired) electrons. The number of hydrogen-bond acceptors (Lipinski definition) is 5. The molecule has 0 aliphatic heterocycles. The van der Waals surface area contributed by atoms with Crippen molar-refractivity contribution in [2.75, 3.05) is 12.4 Å². The number of amides is 1. The second-order valence-corrected chi connectivity index (χ2v) is 5.36. The molecule has 1 aromatic heterocycles. The first-order valence-corrected chi connectivity index (χ1v) is 7.81. The quantitative estimate of drug-likeness (QED) is 0.739. The molecule has 0 saturated carbocycles. The van der Waals surface area contributed by atoms with Crippen molar-refractivity contribution in [2.24, 2.45) is 0 Å². The van der Waals surface area contributed by atoms with E-state index in [0.717, 1.165) is 0 Å². The van der Waals surface area contributed by atoms with Crippen LogP contribution in [0.25, 0.3) is 0 Å². The lowest BCUT2D eigenvalue weighted by atomic mass is 10.2. The summed E-state index contributed by atoms with van der Waals surface area (Å²) in [5.74, 6) is 1.39. The molecule has 0 aliphatic rings. The van der Waals surface area contributed by atoms with Crippen LogP contribution in [0.1, 0.15) is 5.56 Å². The molecule has 0 fully saturated rings. The maximum Gasteiger partial charge on any atom is 0.246 e. The summed E-state index contributed by atoms with van der Waals surface area (Å²) in [6, 6.07) is 15.7. The topological polar surface area (TPSA) is 89.2 Å². The molecule has 3 rings (SSSR count). The maximum atomic E-state index is 12.0. The number of nitrogens with one attached hydrogen (secondary N) is 1. The molecule has 0 atom stereocenters. The van der Waals surface area contributed by atoms with Crippen molar-refractivity contribution in [1.82, 2.24) is 9.78 Å². The van der Waals surface area contributed by atoms with E-state index in [4.69, 9.17) is 14.7 Å². The average molecular weight is 348 g/mol. The Kier molecular flexibility index (Phi) is 5.15. The standard InChI is InChI=1S/C19H16N4O3/c1-25-18-11-14(12-20)3-8-17(18)26-16-6-4-15(5-7-16)22-19(24)13-23-10-2-9-21-23/h2-11H,13H2,1H3,(H,22,24). The Bertz CT molecular complexity index is 928. The molecule has 0 bridgehead atoms. The van der Waals surface area contributed by atoms with Gasteiger partial charge < -0.3 is 14.8 Å². The monoisotopic (exact) mass is 348 g/mol. The van der Waals surface area contributed by atoms with Gasteiger partial charge in [0.1, 0.15) is 12.3 Å². The first-order chi connectivity index (χ1) is 12.7. The van der Waals surface area contributed by atoms with Gasteiger partial charge in [-0.25, -0.2) is 0 Å². The molecule has 0 saturated heterocycles. The van der Waals surface area contributed by atoms with Gasteiger partial charge in [-0.3, -0.25) is 9.48 Å². The van der Waals surface area contributed by atoms with E-state index in [-0.39, 0.29) is 12.5 Å². The Morgan fingerprint density at radius 2 is 2.04 bits per heavy atom. The van der Waals surface area contributed by atoms with Crippen LogP contribution in [0.5, 0.6) is 17.2 Å². The van der Waals surface area contributed by atoms with Crippen LogP contribution in [0.15, 0.2) is 60.9 Å². The van der Waals surface area contributed by atoms with Crippen LogP contribution in [0.3, 0.4) is 0 Å². The Balaban J connectivity index is 1.64. The van der Waals surface area contributed by atoms with E-state index in [2.05, 4.69) is 16.5 Å². The largest absolute Gasteiger partial charge is 0.493 e. The number of nitriles is 1. The molecule has 0 spiro atoms. The predicted octanol–water partition coefficient (Wildman–Crippen LogP) is 3.19. The highest BCUT2D eigenvalue weighted by Gasteiger charge is 2.08. The summed E-state index contributed by atoms with van der Waals surface area (Å²) in [5.41, 5.74) is 1.14. The highest BCUT2D eigenvalue weighted by molar-refractivity contribution is 5.90. The number of rotatable bonds is 6. The van der Waals surface area contributed by atoms with E-state index in [9.17, 15) is 4.79 Å². The summed E-state index contributed by atoms with van der Waals surface area (Å²) in [7, 11) is 1.52. The fraction of sp³-hybridized carbons (Fsp3) is 0.105. The number of carbonyl (C=O) groups is 1. The Hall–Kier alpha value is -3.79. The number of nitrogens with zero attached hydrogens (tertiary/aromatic N) is 3. The molecule has 1 N–H and O–H groups in total. The van der Waals surface area contributed by atoms with Gasteiger partial charge in [0.05, 0.1) is 18.7 Å². The third-order valence-corrected chi connectivity index (χ3v) is 3.52. The molecule has 130 valence electrons. The van der Waals surface area contributed by atoms with Gasteiger partial charge in [0, 0.05) is 24.1 Å². The number of aromatic nitrogens is 2. The van der Waals surface area contributed by atoms with E-state index >= 15 is 0 Å². The molecule has 26 heavy (non-hydrogen) atoms. The number of methoxy groups -OCH3 is 1. The smallest absolute Gasteiger partial charge is 0.246 e. The van der Waals surface area contributed by atoms with Gasteiger partial charge >= 0.3 is 0 Å². The maximum absolute atomic E-state index is 12.0. The van der Waals surface area contributed by atoms with Crippen molar-refractivity contribution < 1.29 is 14.3 Å². The summed E-state index contributed by atoms with van der Waals surface area (Å²) in [5, 5.41) is 15.7. The van der Waals surface area contributed by atoms with Crippen LogP contribution >= 0.6 is 0 Å². The summed E-state index contributed by atoms with van der Waals surface area (Å²) >= 11 is 0. The van der Waals surface area contributed by atoms with Crippen LogP contribution in [0, 0.1) is 11.3 Å². The van der Waals surface area contributed by atoms with Crippen LogP contribution in [-0.2, 0) is 11.3 Å². The Morgan fingerprint density at radius 3 is 2.69 bits per heavy atom. The molecule has 1 amide bonds. The summed E-state index contributed by atoms with van der Waals surface area (Å²) in [6.45, 7) is 0.147. The molecular weight excluding hydrogens is 332 g/mol. The first kappa shape index (κ1) is 17.0. The van der Waals surface area contributed by atoms with E-state index < -0.39 is 0 Å². The van der Waals surface area contributed by atoms with Crippen LogP contribution in [0.4, 0.5) is 5.69 Å². The van der Waals surface area contributed by atoms with Crippen molar-refractivity contribution in [3.63, 3.8) is 0 Å². The van der Waals surface area contributed by atoms with E-state index in [1.807, 2.05) is 0 Å². The Morgan fingerprint density at radius 1 is 1.23 bits per heavy atom. The Labute approximate surface area is 150 Å². The minimum Gasteiger partial charge on any atom is -0.493 e. The molecule has 0 aliphatic carbocycles. The van der Waals surface area contributed by atoms with Gasteiger partial charge in [-0.15, -0.1) is 0 Å². The lowest BCUT2D eigenvalue weighted by Crippen LogP contribution is -2.18. The first-order valence-electron chi connectivity index (χ1n) is 7.81. The second kappa shape index (κ2) is 7.85. The number of hydrogen-bond donors (Lipinski definition) is 1. The molecule has 3 aromatic rings. The van der Waals surface area contributed by atoms with Crippen molar-refractivity contribution in [3.05, 3.63) is 66.5 Å². The summed E-state index contributed by atoms with van der Waals surface area (Å²) < 4.78 is 12.6. The number of benzene rings is 2. The number of ether oxygens (including phenoxy) is 2. The van der Waals surface area contributed by atoms with Gasteiger partial charge in [-0.1, -0.05) is 0 Å². The van der Waals surface area contributed by atoms with Gasteiger partial charge in [0.15, 0.2) is 11.5 Å². The normalized spacial score (nSPS) is 10.0. The van der Waals surface area contributed by atoms with Gasteiger partial charge in [0.25, 0.3) is 0 Å². The fourth-order valence-electron chi connectivity index (χ4n) is 2.30.